The van der Waals surface area contributed by atoms with Gasteiger partial charge in [-0.05, 0) is 29.3 Å². The van der Waals surface area contributed by atoms with E-state index in [1.807, 2.05) is 29.6 Å². The fourth-order valence-corrected chi connectivity index (χ4v) is 2.33. The van der Waals surface area contributed by atoms with Crippen LogP contribution in [0.5, 0.6) is 11.5 Å². The number of halogens is 1. The summed E-state index contributed by atoms with van der Waals surface area (Å²) in [7, 11) is 3.28. The monoisotopic (exact) mass is 254 g/mol. The molecule has 0 bridgehead atoms. The zero-order valence-electron chi connectivity index (χ0n) is 8.99. The van der Waals surface area contributed by atoms with Gasteiger partial charge >= 0.3 is 0 Å². The van der Waals surface area contributed by atoms with Crippen LogP contribution in [0.25, 0.3) is 11.1 Å². The molecule has 2 aromatic rings. The van der Waals surface area contributed by atoms with Crippen molar-refractivity contribution in [3.8, 4) is 22.6 Å². The smallest absolute Gasteiger partial charge is 0.123 e. The van der Waals surface area contributed by atoms with Crippen LogP contribution in [0.1, 0.15) is 0 Å². The first-order chi connectivity index (χ1) is 7.72. The number of hydrogen-bond donors (Lipinski definition) is 0. The van der Waals surface area contributed by atoms with Crippen molar-refractivity contribution in [1.82, 2.24) is 0 Å². The Morgan fingerprint density at radius 3 is 2.00 bits per heavy atom. The maximum atomic E-state index is 5.91. The third-order valence-corrected chi connectivity index (χ3v) is 3.34. The van der Waals surface area contributed by atoms with Crippen molar-refractivity contribution in [3.05, 3.63) is 34.0 Å². The molecule has 1 heterocycles. The molecule has 2 rings (SSSR count). The average molecular weight is 255 g/mol. The molecule has 2 nitrogen and oxygen atoms in total. The summed E-state index contributed by atoms with van der Waals surface area (Å²) in [6.07, 6.45) is 0. The van der Waals surface area contributed by atoms with Crippen molar-refractivity contribution >= 4 is 22.9 Å². The van der Waals surface area contributed by atoms with E-state index in [4.69, 9.17) is 21.1 Å². The second-order valence-electron chi connectivity index (χ2n) is 3.24. The molecule has 0 atom stereocenters. The Bertz CT molecular complexity index is 471. The number of hydrogen-bond acceptors (Lipinski definition) is 3. The molecule has 0 N–H and O–H groups in total. The molecule has 0 spiro atoms. The maximum absolute atomic E-state index is 5.91. The predicted octanol–water partition coefficient (Wildman–Crippen LogP) is 4.09. The van der Waals surface area contributed by atoms with Gasteiger partial charge in [0.05, 0.1) is 18.6 Å². The first-order valence-corrected chi connectivity index (χ1v) is 5.96. The lowest BCUT2D eigenvalue weighted by atomic mass is 10.1. The van der Waals surface area contributed by atoms with Gasteiger partial charge < -0.3 is 9.47 Å². The molecule has 0 aliphatic heterocycles. The van der Waals surface area contributed by atoms with Gasteiger partial charge in [0.15, 0.2) is 0 Å². The lowest BCUT2D eigenvalue weighted by molar-refractivity contribution is 0.394. The molecular formula is C12H11ClO2S. The second-order valence-corrected chi connectivity index (χ2v) is 4.78. The van der Waals surface area contributed by atoms with Gasteiger partial charge in [-0.15, -0.1) is 11.3 Å². The Morgan fingerprint density at radius 1 is 0.938 bits per heavy atom. The Morgan fingerprint density at radius 2 is 1.56 bits per heavy atom. The van der Waals surface area contributed by atoms with E-state index in [0.29, 0.717) is 0 Å². The van der Waals surface area contributed by atoms with Crippen LogP contribution in [0.3, 0.4) is 0 Å². The van der Waals surface area contributed by atoms with Crippen LogP contribution in [0.2, 0.25) is 4.34 Å². The van der Waals surface area contributed by atoms with Gasteiger partial charge in [-0.1, -0.05) is 11.6 Å². The molecule has 84 valence electrons. The van der Waals surface area contributed by atoms with E-state index in [1.165, 1.54) is 11.3 Å². The molecule has 16 heavy (non-hydrogen) atoms. The molecule has 4 heteroatoms. The third-order valence-electron chi connectivity index (χ3n) is 2.25. The van der Waals surface area contributed by atoms with E-state index in [2.05, 4.69) is 0 Å². The number of thiophene rings is 1. The minimum atomic E-state index is 0.775. The van der Waals surface area contributed by atoms with Crippen LogP contribution in [0.4, 0.5) is 0 Å². The summed E-state index contributed by atoms with van der Waals surface area (Å²) < 4.78 is 11.2. The van der Waals surface area contributed by atoms with Crippen molar-refractivity contribution in [3.63, 3.8) is 0 Å². The van der Waals surface area contributed by atoms with Crippen LogP contribution in [-0.2, 0) is 0 Å². The molecule has 0 radical (unpaired) electrons. The Labute approximate surface area is 103 Å². The second kappa shape index (κ2) is 4.76. The van der Waals surface area contributed by atoms with E-state index in [1.54, 1.807) is 14.2 Å². The highest BCUT2D eigenvalue weighted by Crippen LogP contribution is 2.33. The normalized spacial score (nSPS) is 10.2. The van der Waals surface area contributed by atoms with Gasteiger partial charge in [0, 0.05) is 11.4 Å². The molecule has 0 unspecified atom stereocenters. The highest BCUT2D eigenvalue weighted by molar-refractivity contribution is 7.14. The minimum absolute atomic E-state index is 0.775. The molecule has 0 saturated heterocycles. The zero-order valence-corrected chi connectivity index (χ0v) is 10.6. The van der Waals surface area contributed by atoms with E-state index in [9.17, 15) is 0 Å². The number of benzene rings is 1. The third kappa shape index (κ3) is 2.31. The predicted molar refractivity (Wildman–Crippen MR) is 67.9 cm³/mol. The van der Waals surface area contributed by atoms with Crippen molar-refractivity contribution in [2.45, 2.75) is 0 Å². The standard InChI is InChI=1S/C12H11ClO2S/c1-14-10-3-8(4-11(6-10)15-2)9-5-12(13)16-7-9/h3-7H,1-2H3. The van der Waals surface area contributed by atoms with E-state index in [-0.39, 0.29) is 0 Å². The van der Waals surface area contributed by atoms with Crippen LogP contribution in [0, 0.1) is 0 Å². The largest absolute Gasteiger partial charge is 0.497 e. The van der Waals surface area contributed by atoms with Crippen LogP contribution in [0.15, 0.2) is 29.6 Å². The van der Waals surface area contributed by atoms with Crippen molar-refractivity contribution in [1.29, 1.82) is 0 Å². The molecule has 0 aliphatic carbocycles. The number of methoxy groups -OCH3 is 2. The van der Waals surface area contributed by atoms with E-state index < -0.39 is 0 Å². The molecular weight excluding hydrogens is 244 g/mol. The van der Waals surface area contributed by atoms with Gasteiger partial charge in [0.25, 0.3) is 0 Å². The van der Waals surface area contributed by atoms with Crippen molar-refractivity contribution < 1.29 is 9.47 Å². The molecule has 1 aromatic heterocycles. The average Bonchev–Trinajstić information content (AvgIpc) is 2.75. The Balaban J connectivity index is 2.47. The Kier molecular flexibility index (Phi) is 3.36. The summed E-state index contributed by atoms with van der Waals surface area (Å²) in [5.41, 5.74) is 2.12. The van der Waals surface area contributed by atoms with Crippen LogP contribution >= 0.6 is 22.9 Å². The lowest BCUT2D eigenvalue weighted by Gasteiger charge is -2.07. The summed E-state index contributed by atoms with van der Waals surface area (Å²) in [6.45, 7) is 0. The van der Waals surface area contributed by atoms with Gasteiger partial charge in [0.1, 0.15) is 11.5 Å². The van der Waals surface area contributed by atoms with Crippen LogP contribution in [-0.4, -0.2) is 14.2 Å². The van der Waals surface area contributed by atoms with Crippen molar-refractivity contribution in [2.24, 2.45) is 0 Å². The summed E-state index contributed by atoms with van der Waals surface area (Å²) in [5.74, 6) is 1.55. The molecule has 0 aliphatic rings. The summed E-state index contributed by atoms with van der Waals surface area (Å²) in [6, 6.07) is 7.69. The van der Waals surface area contributed by atoms with Gasteiger partial charge in [-0.2, -0.15) is 0 Å². The first kappa shape index (κ1) is 11.3. The van der Waals surface area contributed by atoms with E-state index in [0.717, 1.165) is 27.0 Å². The van der Waals surface area contributed by atoms with Gasteiger partial charge in [-0.25, -0.2) is 0 Å². The summed E-state index contributed by atoms with van der Waals surface area (Å²) in [4.78, 5) is 0. The first-order valence-electron chi connectivity index (χ1n) is 4.70. The van der Waals surface area contributed by atoms with E-state index >= 15 is 0 Å². The number of rotatable bonds is 3. The minimum Gasteiger partial charge on any atom is -0.497 e. The molecule has 1 aromatic carbocycles. The molecule has 0 fully saturated rings. The zero-order chi connectivity index (χ0) is 11.5. The summed E-state index contributed by atoms with van der Waals surface area (Å²) in [5, 5.41) is 2.01. The highest BCUT2D eigenvalue weighted by atomic mass is 35.5. The highest BCUT2D eigenvalue weighted by Gasteiger charge is 2.05. The quantitative estimate of drug-likeness (QED) is 0.822. The fraction of sp³-hybridized carbons (Fsp3) is 0.167. The topological polar surface area (TPSA) is 18.5 Å². The van der Waals surface area contributed by atoms with Crippen molar-refractivity contribution in [2.75, 3.05) is 14.2 Å². The number of ether oxygens (including phenoxy) is 2. The maximum Gasteiger partial charge on any atom is 0.123 e. The Hall–Kier alpha value is -1.19. The summed E-state index contributed by atoms with van der Waals surface area (Å²) >= 11 is 7.42. The lowest BCUT2D eigenvalue weighted by Crippen LogP contribution is -1.88. The molecule has 0 saturated carbocycles. The SMILES string of the molecule is COc1cc(OC)cc(-c2csc(Cl)c2)c1. The van der Waals surface area contributed by atoms with Gasteiger partial charge in [0.2, 0.25) is 0 Å². The fourth-order valence-electron chi connectivity index (χ4n) is 1.44. The van der Waals surface area contributed by atoms with Gasteiger partial charge in [-0.3, -0.25) is 0 Å². The molecule has 0 amide bonds. The van der Waals surface area contributed by atoms with Crippen LogP contribution < -0.4 is 9.47 Å².